The largest absolute Gasteiger partial charge is 0.363 e. The summed E-state index contributed by atoms with van der Waals surface area (Å²) in [7, 11) is 3.95. The number of anilines is 1. The van der Waals surface area contributed by atoms with E-state index >= 15 is 0 Å². The van der Waals surface area contributed by atoms with E-state index in [0.717, 1.165) is 31.5 Å². The molecule has 0 aromatic carbocycles. The second kappa shape index (κ2) is 4.61. The van der Waals surface area contributed by atoms with E-state index in [2.05, 4.69) is 43.9 Å². The summed E-state index contributed by atoms with van der Waals surface area (Å²) >= 11 is 5.22. The molecule has 3 aromatic rings. The molecular formula is C13H13BrN4S. The summed E-state index contributed by atoms with van der Waals surface area (Å²) < 4.78 is 1.14. The Morgan fingerprint density at radius 3 is 2.68 bits per heavy atom. The van der Waals surface area contributed by atoms with Crippen LogP contribution in [-0.2, 0) is 0 Å². The van der Waals surface area contributed by atoms with Crippen LogP contribution in [0.1, 0.15) is 5.56 Å². The molecule has 3 heterocycles. The van der Waals surface area contributed by atoms with Crippen LogP contribution < -0.4 is 4.90 Å². The van der Waals surface area contributed by atoms with Crippen LogP contribution in [-0.4, -0.2) is 29.0 Å². The van der Waals surface area contributed by atoms with Crippen LogP contribution in [0.15, 0.2) is 22.0 Å². The third kappa shape index (κ3) is 2.26. The molecule has 0 bridgehead atoms. The van der Waals surface area contributed by atoms with Gasteiger partial charge in [0, 0.05) is 14.1 Å². The lowest BCUT2D eigenvalue weighted by atomic mass is 10.3. The molecule has 0 fully saturated rings. The molecule has 0 atom stereocenters. The Balaban J connectivity index is 2.11. The highest BCUT2D eigenvalue weighted by atomic mass is 79.9. The van der Waals surface area contributed by atoms with Crippen molar-refractivity contribution in [3.05, 3.63) is 27.5 Å². The van der Waals surface area contributed by atoms with Gasteiger partial charge in [0.2, 0.25) is 0 Å². The monoisotopic (exact) mass is 336 g/mol. The van der Waals surface area contributed by atoms with Gasteiger partial charge in [0.1, 0.15) is 5.82 Å². The fourth-order valence-electron chi connectivity index (χ4n) is 1.82. The highest BCUT2D eigenvalue weighted by Gasteiger charge is 2.11. The number of hydrogen-bond donors (Lipinski definition) is 1. The Hall–Kier alpha value is -1.40. The molecule has 0 aliphatic heterocycles. The van der Waals surface area contributed by atoms with Gasteiger partial charge < -0.3 is 9.88 Å². The number of nitrogens with zero attached hydrogens (tertiary/aromatic N) is 3. The highest BCUT2D eigenvalue weighted by molar-refractivity contribution is 9.11. The van der Waals surface area contributed by atoms with Gasteiger partial charge in [-0.25, -0.2) is 9.97 Å². The number of aromatic amines is 1. The van der Waals surface area contributed by atoms with Crippen molar-refractivity contribution in [2.24, 2.45) is 0 Å². The fourth-order valence-corrected chi connectivity index (χ4v) is 3.30. The van der Waals surface area contributed by atoms with E-state index in [1.165, 1.54) is 5.56 Å². The van der Waals surface area contributed by atoms with Gasteiger partial charge >= 0.3 is 0 Å². The molecule has 0 spiro atoms. The predicted molar refractivity (Wildman–Crippen MR) is 84.0 cm³/mol. The molecular weight excluding hydrogens is 324 g/mol. The molecule has 0 aliphatic carbocycles. The number of fused-ring (bicyclic) bond motifs is 1. The van der Waals surface area contributed by atoms with Gasteiger partial charge in [0.05, 0.1) is 14.2 Å². The van der Waals surface area contributed by atoms with E-state index in [-0.39, 0.29) is 0 Å². The number of halogens is 1. The van der Waals surface area contributed by atoms with E-state index in [1.54, 1.807) is 11.3 Å². The topological polar surface area (TPSA) is 44.8 Å². The first-order valence-electron chi connectivity index (χ1n) is 5.85. The van der Waals surface area contributed by atoms with Gasteiger partial charge in [-0.2, -0.15) is 0 Å². The van der Waals surface area contributed by atoms with Crippen LogP contribution in [0.4, 0.5) is 5.82 Å². The van der Waals surface area contributed by atoms with Crippen molar-refractivity contribution in [3.63, 3.8) is 0 Å². The first-order valence-corrected chi connectivity index (χ1v) is 7.46. The van der Waals surface area contributed by atoms with Crippen LogP contribution in [0.3, 0.4) is 0 Å². The van der Waals surface area contributed by atoms with E-state index in [1.807, 2.05) is 31.1 Å². The molecule has 19 heavy (non-hydrogen) atoms. The van der Waals surface area contributed by atoms with Crippen LogP contribution in [0.25, 0.3) is 21.9 Å². The minimum Gasteiger partial charge on any atom is -0.363 e. The average molecular weight is 337 g/mol. The Bertz CT molecular complexity index is 725. The number of aromatic nitrogens is 3. The molecule has 3 rings (SSSR count). The van der Waals surface area contributed by atoms with Crippen molar-refractivity contribution in [3.8, 4) is 10.7 Å². The maximum atomic E-state index is 4.58. The summed E-state index contributed by atoms with van der Waals surface area (Å²) in [5.41, 5.74) is 2.94. The molecule has 0 saturated carbocycles. The Morgan fingerprint density at radius 1 is 1.26 bits per heavy atom. The zero-order chi connectivity index (χ0) is 13.6. The standard InChI is InChI=1S/C13H13BrN4S/c1-7-6-9(19-11(7)14)13-15-8-4-5-10(18(2)3)16-12(8)17-13/h4-6H,1-3H3,(H,15,16,17). The number of rotatable bonds is 2. The number of imidazole rings is 1. The number of aryl methyl sites for hydroxylation is 1. The first-order chi connectivity index (χ1) is 9.04. The summed E-state index contributed by atoms with van der Waals surface area (Å²) in [6.45, 7) is 2.08. The second-order valence-corrected chi connectivity index (χ2v) is 6.96. The maximum absolute atomic E-state index is 4.58. The van der Waals surface area contributed by atoms with E-state index in [4.69, 9.17) is 0 Å². The van der Waals surface area contributed by atoms with E-state index in [9.17, 15) is 0 Å². The van der Waals surface area contributed by atoms with Gasteiger partial charge in [-0.05, 0) is 46.6 Å². The van der Waals surface area contributed by atoms with Gasteiger partial charge in [0.15, 0.2) is 11.5 Å². The zero-order valence-electron chi connectivity index (χ0n) is 10.9. The summed E-state index contributed by atoms with van der Waals surface area (Å²) in [4.78, 5) is 15.5. The number of thiophene rings is 1. The lowest BCUT2D eigenvalue weighted by Gasteiger charge is -2.09. The van der Waals surface area contributed by atoms with Crippen LogP contribution in [0.5, 0.6) is 0 Å². The normalized spacial score (nSPS) is 11.2. The fraction of sp³-hybridized carbons (Fsp3) is 0.231. The molecule has 0 radical (unpaired) electrons. The van der Waals surface area contributed by atoms with Crippen molar-refractivity contribution in [2.75, 3.05) is 19.0 Å². The molecule has 98 valence electrons. The minimum atomic E-state index is 0.753. The van der Waals surface area contributed by atoms with Gasteiger partial charge in [-0.3, -0.25) is 0 Å². The van der Waals surface area contributed by atoms with Crippen LogP contribution in [0.2, 0.25) is 0 Å². The first kappa shape index (κ1) is 12.6. The number of hydrogen-bond acceptors (Lipinski definition) is 4. The quantitative estimate of drug-likeness (QED) is 0.773. The molecule has 0 aliphatic rings. The van der Waals surface area contributed by atoms with Crippen molar-refractivity contribution in [2.45, 2.75) is 6.92 Å². The molecule has 6 heteroatoms. The lowest BCUT2D eigenvalue weighted by molar-refractivity contribution is 1.08. The van der Waals surface area contributed by atoms with Crippen LogP contribution >= 0.6 is 27.3 Å². The lowest BCUT2D eigenvalue weighted by Crippen LogP contribution is -2.10. The molecule has 0 amide bonds. The summed E-state index contributed by atoms with van der Waals surface area (Å²) in [5, 5.41) is 0. The Morgan fingerprint density at radius 2 is 2.05 bits per heavy atom. The smallest absolute Gasteiger partial charge is 0.180 e. The summed E-state index contributed by atoms with van der Waals surface area (Å²) in [6.07, 6.45) is 0. The Kier molecular flexibility index (Phi) is 3.06. The SMILES string of the molecule is Cc1cc(-c2nc3nc(N(C)C)ccc3[nH]2)sc1Br. The van der Waals surface area contributed by atoms with Gasteiger partial charge in [0.25, 0.3) is 0 Å². The van der Waals surface area contributed by atoms with Crippen LogP contribution in [0, 0.1) is 6.92 Å². The molecule has 4 nitrogen and oxygen atoms in total. The van der Waals surface area contributed by atoms with Crippen molar-refractivity contribution < 1.29 is 0 Å². The van der Waals surface area contributed by atoms with Gasteiger partial charge in [-0.1, -0.05) is 0 Å². The van der Waals surface area contributed by atoms with E-state index in [0.29, 0.717) is 0 Å². The number of nitrogens with one attached hydrogen (secondary N) is 1. The van der Waals surface area contributed by atoms with E-state index < -0.39 is 0 Å². The third-order valence-corrected chi connectivity index (χ3v) is 5.02. The zero-order valence-corrected chi connectivity index (χ0v) is 13.3. The number of H-pyrrole nitrogens is 1. The van der Waals surface area contributed by atoms with Crippen molar-refractivity contribution in [1.29, 1.82) is 0 Å². The Labute approximate surface area is 123 Å². The molecule has 1 N–H and O–H groups in total. The maximum Gasteiger partial charge on any atom is 0.180 e. The summed E-state index contributed by atoms with van der Waals surface area (Å²) in [5.74, 6) is 1.78. The van der Waals surface area contributed by atoms with Crippen molar-refractivity contribution in [1.82, 2.24) is 15.0 Å². The number of pyridine rings is 1. The molecule has 0 unspecified atom stereocenters. The highest BCUT2D eigenvalue weighted by Crippen LogP contribution is 2.34. The molecule has 0 saturated heterocycles. The molecule has 3 aromatic heterocycles. The second-order valence-electron chi connectivity index (χ2n) is 4.59. The summed E-state index contributed by atoms with van der Waals surface area (Å²) in [6, 6.07) is 6.13. The average Bonchev–Trinajstić information content (AvgIpc) is 2.92. The minimum absolute atomic E-state index is 0.753. The van der Waals surface area contributed by atoms with Gasteiger partial charge in [-0.15, -0.1) is 11.3 Å². The predicted octanol–water partition coefficient (Wildman–Crippen LogP) is 3.82. The van der Waals surface area contributed by atoms with Crippen molar-refractivity contribution >= 4 is 44.2 Å². The third-order valence-electron chi connectivity index (χ3n) is 2.88.